The van der Waals surface area contributed by atoms with Gasteiger partial charge >= 0.3 is 0 Å². The van der Waals surface area contributed by atoms with Crippen LogP contribution in [0.5, 0.6) is 5.75 Å². The Morgan fingerprint density at radius 3 is 3.00 bits per heavy atom. The van der Waals surface area contributed by atoms with Crippen LogP contribution in [0.25, 0.3) is 0 Å². The highest BCUT2D eigenvalue weighted by atomic mass is 16.3. The molecule has 5 heteroatoms. The fraction of sp³-hybridized carbons (Fsp3) is 0.167. The van der Waals surface area contributed by atoms with Crippen molar-refractivity contribution < 1.29 is 9.90 Å². The second-order valence-corrected chi connectivity index (χ2v) is 3.78. The van der Waals surface area contributed by atoms with Gasteiger partial charge in [0.1, 0.15) is 5.75 Å². The van der Waals surface area contributed by atoms with Gasteiger partial charge in [0.2, 0.25) is 0 Å². The Bertz CT molecular complexity index is 508. The molecule has 88 valence electrons. The van der Waals surface area contributed by atoms with Crippen molar-refractivity contribution in [1.29, 1.82) is 0 Å². The molecule has 5 nitrogen and oxygen atoms in total. The van der Waals surface area contributed by atoms with Crippen LogP contribution >= 0.6 is 0 Å². The number of hydrogen-bond donors (Lipinski definition) is 3. The Hall–Kier alpha value is -2.30. The summed E-state index contributed by atoms with van der Waals surface area (Å²) >= 11 is 0. The molecule has 0 aliphatic heterocycles. The molecular formula is C12H13N3O2. The molecule has 0 spiro atoms. The van der Waals surface area contributed by atoms with E-state index >= 15 is 0 Å². The molecule has 1 amide bonds. The molecule has 0 radical (unpaired) electrons. The lowest BCUT2D eigenvalue weighted by molar-refractivity contribution is 0.0940. The number of carbonyl (C=O) groups is 1. The predicted octanol–water partition coefficient (Wildman–Crippen LogP) is 1.61. The summed E-state index contributed by atoms with van der Waals surface area (Å²) in [6.45, 7) is 1.85. The van der Waals surface area contributed by atoms with Gasteiger partial charge in [-0.15, -0.1) is 0 Å². The lowest BCUT2D eigenvalue weighted by atomic mass is 10.1. The first kappa shape index (κ1) is 11.2. The molecule has 2 rings (SSSR count). The lowest BCUT2D eigenvalue weighted by Crippen LogP contribution is -2.26. The van der Waals surface area contributed by atoms with Crippen molar-refractivity contribution in [3.05, 3.63) is 47.8 Å². The van der Waals surface area contributed by atoms with Crippen LogP contribution < -0.4 is 5.32 Å². The van der Waals surface area contributed by atoms with E-state index in [1.165, 1.54) is 12.4 Å². The van der Waals surface area contributed by atoms with Crippen molar-refractivity contribution in [2.45, 2.75) is 13.0 Å². The monoisotopic (exact) mass is 231 g/mol. The number of rotatable bonds is 3. The second-order valence-electron chi connectivity index (χ2n) is 3.78. The van der Waals surface area contributed by atoms with Gasteiger partial charge in [0.25, 0.3) is 5.91 Å². The number of phenols is 1. The van der Waals surface area contributed by atoms with Gasteiger partial charge in [-0.3, -0.25) is 9.89 Å². The van der Waals surface area contributed by atoms with E-state index in [1.807, 2.05) is 13.0 Å². The van der Waals surface area contributed by atoms with Crippen molar-refractivity contribution >= 4 is 5.91 Å². The highest BCUT2D eigenvalue weighted by Crippen LogP contribution is 2.18. The highest BCUT2D eigenvalue weighted by molar-refractivity contribution is 5.93. The number of aromatic nitrogens is 2. The van der Waals surface area contributed by atoms with E-state index < -0.39 is 0 Å². The molecule has 0 bridgehead atoms. The quantitative estimate of drug-likeness (QED) is 0.750. The van der Waals surface area contributed by atoms with Crippen molar-refractivity contribution in [1.82, 2.24) is 15.5 Å². The summed E-state index contributed by atoms with van der Waals surface area (Å²) in [4.78, 5) is 11.7. The first-order valence-electron chi connectivity index (χ1n) is 5.25. The molecule has 0 aliphatic carbocycles. The van der Waals surface area contributed by atoms with Crippen molar-refractivity contribution in [3.63, 3.8) is 0 Å². The van der Waals surface area contributed by atoms with Crippen LogP contribution in [0.2, 0.25) is 0 Å². The summed E-state index contributed by atoms with van der Waals surface area (Å²) in [5.74, 6) is -0.0125. The minimum Gasteiger partial charge on any atom is -0.508 e. The number of amides is 1. The molecule has 3 N–H and O–H groups in total. The van der Waals surface area contributed by atoms with Crippen molar-refractivity contribution in [3.8, 4) is 5.75 Å². The number of aromatic amines is 1. The summed E-state index contributed by atoms with van der Waals surface area (Å²) in [6, 6.07) is 6.63. The van der Waals surface area contributed by atoms with E-state index in [2.05, 4.69) is 15.5 Å². The number of aromatic hydroxyl groups is 1. The second kappa shape index (κ2) is 4.69. The minimum atomic E-state index is -0.199. The van der Waals surface area contributed by atoms with Crippen LogP contribution in [0.4, 0.5) is 0 Å². The summed E-state index contributed by atoms with van der Waals surface area (Å²) in [5, 5.41) is 18.5. The number of phenolic OH excluding ortho intramolecular Hbond substituents is 1. The first-order valence-corrected chi connectivity index (χ1v) is 5.25. The van der Waals surface area contributed by atoms with Gasteiger partial charge in [-0.2, -0.15) is 5.10 Å². The van der Waals surface area contributed by atoms with Gasteiger partial charge in [0.15, 0.2) is 0 Å². The van der Waals surface area contributed by atoms with Crippen LogP contribution in [-0.2, 0) is 0 Å². The normalized spacial score (nSPS) is 12.1. The van der Waals surface area contributed by atoms with E-state index in [0.29, 0.717) is 5.56 Å². The van der Waals surface area contributed by atoms with Crippen LogP contribution in [0, 0.1) is 0 Å². The van der Waals surface area contributed by atoms with Crippen LogP contribution in [0.3, 0.4) is 0 Å². The Morgan fingerprint density at radius 2 is 2.35 bits per heavy atom. The number of benzene rings is 1. The molecule has 0 saturated carbocycles. The Kier molecular flexibility index (Phi) is 3.09. The fourth-order valence-corrected chi connectivity index (χ4v) is 1.53. The zero-order chi connectivity index (χ0) is 12.3. The van der Waals surface area contributed by atoms with Gasteiger partial charge in [0, 0.05) is 6.20 Å². The molecule has 17 heavy (non-hydrogen) atoms. The van der Waals surface area contributed by atoms with Crippen molar-refractivity contribution in [2.24, 2.45) is 0 Å². The molecule has 2 aromatic rings. The maximum atomic E-state index is 11.7. The number of nitrogens with one attached hydrogen (secondary N) is 2. The summed E-state index contributed by atoms with van der Waals surface area (Å²) in [7, 11) is 0. The van der Waals surface area contributed by atoms with Crippen molar-refractivity contribution in [2.75, 3.05) is 0 Å². The number of carbonyl (C=O) groups excluding carboxylic acids is 1. The summed E-state index contributed by atoms with van der Waals surface area (Å²) in [6.07, 6.45) is 3.00. The third kappa shape index (κ3) is 2.63. The molecule has 1 aromatic carbocycles. The number of hydrogen-bond acceptors (Lipinski definition) is 3. The topological polar surface area (TPSA) is 78.0 Å². The van der Waals surface area contributed by atoms with Crippen LogP contribution in [0.1, 0.15) is 28.9 Å². The molecule has 0 aliphatic rings. The van der Waals surface area contributed by atoms with Gasteiger partial charge < -0.3 is 10.4 Å². The van der Waals surface area contributed by atoms with Crippen LogP contribution in [-0.4, -0.2) is 21.2 Å². The minimum absolute atomic E-state index is 0.176. The summed E-state index contributed by atoms with van der Waals surface area (Å²) < 4.78 is 0. The van der Waals surface area contributed by atoms with Gasteiger partial charge in [-0.05, 0) is 24.6 Å². The van der Waals surface area contributed by atoms with E-state index in [9.17, 15) is 9.90 Å². The fourth-order valence-electron chi connectivity index (χ4n) is 1.53. The number of H-pyrrole nitrogens is 1. The zero-order valence-electron chi connectivity index (χ0n) is 9.34. The lowest BCUT2D eigenvalue weighted by Gasteiger charge is -2.13. The van der Waals surface area contributed by atoms with E-state index in [-0.39, 0.29) is 17.7 Å². The molecule has 0 fully saturated rings. The largest absolute Gasteiger partial charge is 0.508 e. The molecular weight excluding hydrogens is 218 g/mol. The maximum Gasteiger partial charge on any atom is 0.254 e. The SMILES string of the molecule is CC(NC(=O)c1cn[nH]c1)c1cccc(O)c1. The average molecular weight is 231 g/mol. The summed E-state index contributed by atoms with van der Waals surface area (Å²) in [5.41, 5.74) is 1.33. The van der Waals surface area contributed by atoms with E-state index in [4.69, 9.17) is 0 Å². The smallest absolute Gasteiger partial charge is 0.254 e. The third-order valence-corrected chi connectivity index (χ3v) is 2.48. The molecule has 1 aromatic heterocycles. The predicted molar refractivity (Wildman–Crippen MR) is 62.6 cm³/mol. The third-order valence-electron chi connectivity index (χ3n) is 2.48. The highest BCUT2D eigenvalue weighted by Gasteiger charge is 2.12. The Morgan fingerprint density at radius 1 is 1.53 bits per heavy atom. The zero-order valence-corrected chi connectivity index (χ0v) is 9.34. The van der Waals surface area contributed by atoms with E-state index in [0.717, 1.165) is 5.56 Å². The molecule has 1 unspecified atom stereocenters. The number of nitrogens with zero attached hydrogens (tertiary/aromatic N) is 1. The Labute approximate surface area is 98.5 Å². The Balaban J connectivity index is 2.07. The first-order chi connectivity index (χ1) is 8.16. The van der Waals surface area contributed by atoms with Gasteiger partial charge in [-0.1, -0.05) is 12.1 Å². The van der Waals surface area contributed by atoms with Gasteiger partial charge in [0.05, 0.1) is 17.8 Å². The molecule has 1 heterocycles. The molecule has 0 saturated heterocycles. The van der Waals surface area contributed by atoms with Gasteiger partial charge in [-0.25, -0.2) is 0 Å². The van der Waals surface area contributed by atoms with Crippen LogP contribution in [0.15, 0.2) is 36.7 Å². The van der Waals surface area contributed by atoms with E-state index in [1.54, 1.807) is 18.2 Å². The average Bonchev–Trinajstić information content (AvgIpc) is 2.82. The maximum absolute atomic E-state index is 11.7. The molecule has 1 atom stereocenters. The standard InChI is InChI=1S/C12H13N3O2/c1-8(9-3-2-4-11(16)5-9)15-12(17)10-6-13-14-7-10/h2-8,16H,1H3,(H,13,14)(H,15,17).